The first-order valence-corrected chi connectivity index (χ1v) is 10.8. The number of ether oxygens (including phenoxy) is 1. The number of amides is 1. The van der Waals surface area contributed by atoms with Gasteiger partial charge in [-0.2, -0.15) is 0 Å². The Morgan fingerprint density at radius 1 is 1.07 bits per heavy atom. The lowest BCUT2D eigenvalue weighted by Crippen LogP contribution is -2.34. The number of nitrogens with one attached hydrogen (secondary N) is 1. The van der Waals surface area contributed by atoms with Gasteiger partial charge in [0, 0.05) is 18.8 Å². The third-order valence-electron chi connectivity index (χ3n) is 5.71. The number of nitrogens with zero attached hydrogens (tertiary/aromatic N) is 1. The van der Waals surface area contributed by atoms with Gasteiger partial charge in [0.15, 0.2) is 6.61 Å². The summed E-state index contributed by atoms with van der Waals surface area (Å²) in [6.45, 7) is 10.9. The summed E-state index contributed by atoms with van der Waals surface area (Å²) in [5.74, 6) is 1.85. The number of piperidine rings is 1. The number of carbonyl (C=O) groups is 1. The smallest absolute Gasteiger partial charge is 0.258 e. The second-order valence-corrected chi connectivity index (χ2v) is 8.59. The van der Waals surface area contributed by atoms with E-state index in [1.807, 2.05) is 31.2 Å². The van der Waals surface area contributed by atoms with Gasteiger partial charge < -0.3 is 15.0 Å². The number of hydrogen-bond acceptors (Lipinski definition) is 3. The van der Waals surface area contributed by atoms with Gasteiger partial charge in [0.1, 0.15) is 5.75 Å². The quantitative estimate of drug-likeness (QED) is 0.693. The monoisotopic (exact) mass is 394 g/mol. The molecule has 156 valence electrons. The minimum absolute atomic E-state index is 0.0229. The van der Waals surface area contributed by atoms with Crippen LogP contribution in [0.4, 0.5) is 5.69 Å². The molecule has 4 nitrogen and oxygen atoms in total. The van der Waals surface area contributed by atoms with Crippen molar-refractivity contribution >= 4 is 11.6 Å². The van der Waals surface area contributed by atoms with Crippen molar-refractivity contribution in [3.63, 3.8) is 0 Å². The largest absolute Gasteiger partial charge is 0.484 e. The summed E-state index contributed by atoms with van der Waals surface area (Å²) < 4.78 is 5.63. The molecule has 1 saturated heterocycles. The van der Waals surface area contributed by atoms with Crippen molar-refractivity contribution in [2.75, 3.05) is 24.6 Å². The van der Waals surface area contributed by atoms with Crippen molar-refractivity contribution in [1.29, 1.82) is 0 Å². The Labute approximate surface area is 175 Å². The van der Waals surface area contributed by atoms with Gasteiger partial charge in [-0.15, -0.1) is 0 Å². The van der Waals surface area contributed by atoms with Crippen LogP contribution in [0.3, 0.4) is 0 Å². The molecule has 1 fully saturated rings. The zero-order chi connectivity index (χ0) is 20.8. The van der Waals surface area contributed by atoms with Crippen LogP contribution in [0.25, 0.3) is 0 Å². The Morgan fingerprint density at radius 2 is 1.72 bits per heavy atom. The molecule has 1 amide bonds. The number of benzene rings is 2. The third kappa shape index (κ3) is 5.99. The van der Waals surface area contributed by atoms with Gasteiger partial charge in [-0.25, -0.2) is 0 Å². The van der Waals surface area contributed by atoms with Crippen LogP contribution in [0, 0.1) is 5.92 Å². The topological polar surface area (TPSA) is 41.6 Å². The predicted octanol–water partition coefficient (Wildman–Crippen LogP) is 5.30. The molecule has 29 heavy (non-hydrogen) atoms. The first-order valence-electron chi connectivity index (χ1n) is 10.8. The molecule has 2 aromatic rings. The zero-order valence-corrected chi connectivity index (χ0v) is 18.2. The SMILES string of the molecule is CC1CCCN(c2ccc(C(C)NC(=O)COc3ccc(C(C)C)cc3)cc2)C1. The molecule has 0 bridgehead atoms. The molecule has 0 aromatic heterocycles. The van der Waals surface area contributed by atoms with E-state index in [2.05, 4.69) is 55.3 Å². The highest BCUT2D eigenvalue weighted by atomic mass is 16.5. The summed E-state index contributed by atoms with van der Waals surface area (Å²) in [4.78, 5) is 14.7. The molecule has 2 aromatic carbocycles. The Balaban J connectivity index is 1.48. The molecule has 2 atom stereocenters. The first kappa shape index (κ1) is 21.2. The normalized spacial score (nSPS) is 17.8. The molecule has 0 radical (unpaired) electrons. The molecule has 0 saturated carbocycles. The Bertz CT molecular complexity index is 783. The molecule has 1 heterocycles. The first-order chi connectivity index (χ1) is 13.9. The van der Waals surface area contributed by atoms with Crippen molar-refractivity contribution in [3.8, 4) is 5.75 Å². The van der Waals surface area contributed by atoms with Crippen molar-refractivity contribution in [3.05, 3.63) is 59.7 Å². The van der Waals surface area contributed by atoms with Crippen LogP contribution in [0.1, 0.15) is 63.6 Å². The van der Waals surface area contributed by atoms with E-state index in [4.69, 9.17) is 4.74 Å². The second-order valence-electron chi connectivity index (χ2n) is 8.59. The van der Waals surface area contributed by atoms with Crippen molar-refractivity contribution in [1.82, 2.24) is 5.32 Å². The highest BCUT2D eigenvalue weighted by molar-refractivity contribution is 5.78. The maximum Gasteiger partial charge on any atom is 0.258 e. The van der Waals surface area contributed by atoms with Gasteiger partial charge >= 0.3 is 0 Å². The fourth-order valence-electron chi connectivity index (χ4n) is 3.86. The van der Waals surface area contributed by atoms with E-state index >= 15 is 0 Å². The van der Waals surface area contributed by atoms with Crippen LogP contribution in [0.2, 0.25) is 0 Å². The van der Waals surface area contributed by atoms with E-state index in [0.717, 1.165) is 30.3 Å². The molecule has 3 rings (SSSR count). The minimum Gasteiger partial charge on any atom is -0.484 e. The zero-order valence-electron chi connectivity index (χ0n) is 18.2. The van der Waals surface area contributed by atoms with Crippen molar-refractivity contribution in [2.45, 2.75) is 52.5 Å². The fraction of sp³-hybridized carbons (Fsp3) is 0.480. The number of anilines is 1. The van der Waals surface area contributed by atoms with Gasteiger partial charge in [-0.1, -0.05) is 45.0 Å². The standard InChI is InChI=1S/C25H34N2O2/c1-18(2)21-9-13-24(14-10-21)29-17-25(28)26-20(4)22-7-11-23(12-8-22)27-15-5-6-19(3)16-27/h7-14,18-20H,5-6,15-17H2,1-4H3,(H,26,28). The van der Waals surface area contributed by atoms with Crippen molar-refractivity contribution < 1.29 is 9.53 Å². The van der Waals surface area contributed by atoms with Crippen LogP contribution >= 0.6 is 0 Å². The van der Waals surface area contributed by atoms with E-state index in [1.165, 1.54) is 24.1 Å². The lowest BCUT2D eigenvalue weighted by molar-refractivity contribution is -0.123. The molecular formula is C25H34N2O2. The van der Waals surface area contributed by atoms with Gasteiger partial charge in [-0.3, -0.25) is 4.79 Å². The van der Waals surface area contributed by atoms with E-state index in [9.17, 15) is 4.79 Å². The van der Waals surface area contributed by atoms with Gasteiger partial charge in [-0.05, 0) is 67.0 Å². The molecule has 4 heteroatoms. The average molecular weight is 395 g/mol. The van der Waals surface area contributed by atoms with E-state index in [0.29, 0.717) is 5.92 Å². The molecular weight excluding hydrogens is 360 g/mol. The lowest BCUT2D eigenvalue weighted by atomic mass is 9.99. The maximum absolute atomic E-state index is 12.3. The van der Waals surface area contributed by atoms with E-state index in [1.54, 1.807) is 0 Å². The second kappa shape index (κ2) is 9.82. The molecule has 1 aliphatic heterocycles. The maximum atomic E-state index is 12.3. The van der Waals surface area contributed by atoms with Crippen LogP contribution in [0.5, 0.6) is 5.75 Å². The van der Waals surface area contributed by atoms with Crippen molar-refractivity contribution in [2.24, 2.45) is 5.92 Å². The Kier molecular flexibility index (Phi) is 7.18. The predicted molar refractivity (Wildman–Crippen MR) is 120 cm³/mol. The third-order valence-corrected chi connectivity index (χ3v) is 5.71. The van der Waals surface area contributed by atoms with E-state index in [-0.39, 0.29) is 18.6 Å². The van der Waals surface area contributed by atoms with Crippen LogP contribution in [-0.4, -0.2) is 25.6 Å². The Hall–Kier alpha value is -2.49. The van der Waals surface area contributed by atoms with Gasteiger partial charge in [0.2, 0.25) is 0 Å². The number of carbonyl (C=O) groups excluding carboxylic acids is 1. The summed E-state index contributed by atoms with van der Waals surface area (Å²) in [5.41, 5.74) is 3.64. The molecule has 1 N–H and O–H groups in total. The lowest BCUT2D eigenvalue weighted by Gasteiger charge is -2.33. The molecule has 1 aliphatic rings. The summed E-state index contributed by atoms with van der Waals surface area (Å²) in [7, 11) is 0. The number of hydrogen-bond donors (Lipinski definition) is 1. The molecule has 0 spiro atoms. The van der Waals surface area contributed by atoms with Crippen LogP contribution < -0.4 is 15.0 Å². The molecule has 0 aliphatic carbocycles. The summed E-state index contributed by atoms with van der Waals surface area (Å²) in [6, 6.07) is 16.5. The highest BCUT2D eigenvalue weighted by Gasteiger charge is 2.17. The molecule has 2 unspecified atom stereocenters. The minimum atomic E-state index is -0.112. The fourth-order valence-corrected chi connectivity index (χ4v) is 3.86. The summed E-state index contributed by atoms with van der Waals surface area (Å²) in [6.07, 6.45) is 2.58. The van der Waals surface area contributed by atoms with Gasteiger partial charge in [0.05, 0.1) is 6.04 Å². The Morgan fingerprint density at radius 3 is 2.34 bits per heavy atom. The van der Waals surface area contributed by atoms with Crippen LogP contribution in [0.15, 0.2) is 48.5 Å². The number of rotatable bonds is 7. The van der Waals surface area contributed by atoms with E-state index < -0.39 is 0 Å². The average Bonchev–Trinajstić information content (AvgIpc) is 2.72. The van der Waals surface area contributed by atoms with Gasteiger partial charge in [0.25, 0.3) is 5.91 Å². The summed E-state index contributed by atoms with van der Waals surface area (Å²) >= 11 is 0. The summed E-state index contributed by atoms with van der Waals surface area (Å²) in [5, 5.41) is 3.02. The highest BCUT2D eigenvalue weighted by Crippen LogP contribution is 2.24. The van der Waals surface area contributed by atoms with Crippen LogP contribution in [-0.2, 0) is 4.79 Å².